The number of thiocarbonyl (C=S) groups is 1. The molecule has 0 saturated carbocycles. The number of anilines is 1. The first-order chi connectivity index (χ1) is 18.2. The van der Waals surface area contributed by atoms with Gasteiger partial charge in [-0.15, -0.1) is 0 Å². The molecule has 10 heteroatoms. The summed E-state index contributed by atoms with van der Waals surface area (Å²) in [6.07, 6.45) is 3.17. The van der Waals surface area contributed by atoms with Gasteiger partial charge in [-0.3, -0.25) is 23.9 Å². The van der Waals surface area contributed by atoms with Crippen molar-refractivity contribution in [2.75, 3.05) is 24.6 Å². The Balaban J connectivity index is 1.78. The van der Waals surface area contributed by atoms with Crippen LogP contribution in [0, 0.1) is 24.2 Å². The normalized spacial score (nSPS) is 19.6. The molecule has 2 aromatic rings. The highest BCUT2D eigenvalue weighted by Gasteiger charge is 2.37. The predicted octanol–water partition coefficient (Wildman–Crippen LogP) is 4.31. The second kappa shape index (κ2) is 11.5. The lowest BCUT2D eigenvalue weighted by Gasteiger charge is -2.35. The number of piperidine rings is 1. The fourth-order valence-corrected chi connectivity index (χ4v) is 6.44. The molecule has 2 fully saturated rings. The minimum atomic E-state index is -0.416. The number of rotatable bonds is 6. The predicted molar refractivity (Wildman–Crippen MR) is 153 cm³/mol. The van der Waals surface area contributed by atoms with Crippen molar-refractivity contribution in [1.29, 1.82) is 5.26 Å². The van der Waals surface area contributed by atoms with Crippen LogP contribution in [0.15, 0.2) is 40.0 Å². The van der Waals surface area contributed by atoms with Gasteiger partial charge in [-0.2, -0.15) is 5.26 Å². The monoisotopic (exact) mass is 550 g/mol. The molecule has 2 atom stereocenters. The van der Waals surface area contributed by atoms with E-state index in [-0.39, 0.29) is 29.4 Å². The van der Waals surface area contributed by atoms with Crippen molar-refractivity contribution < 1.29 is 14.3 Å². The van der Waals surface area contributed by atoms with Crippen LogP contribution in [0.4, 0.5) is 5.82 Å². The minimum absolute atomic E-state index is 0.0228. The number of thioether (sulfide) groups is 1. The molecule has 0 aliphatic carbocycles. The van der Waals surface area contributed by atoms with Crippen LogP contribution >= 0.6 is 24.0 Å². The van der Waals surface area contributed by atoms with Crippen LogP contribution in [0.3, 0.4) is 0 Å². The van der Waals surface area contributed by atoms with Gasteiger partial charge in [-0.05, 0) is 50.8 Å². The van der Waals surface area contributed by atoms with E-state index in [4.69, 9.17) is 17.0 Å². The number of amides is 1. The molecule has 0 radical (unpaired) electrons. The van der Waals surface area contributed by atoms with E-state index in [1.54, 1.807) is 31.9 Å². The van der Waals surface area contributed by atoms with Crippen molar-refractivity contribution >= 4 is 52.1 Å². The molecule has 3 heterocycles. The molecule has 198 valence electrons. The van der Waals surface area contributed by atoms with E-state index < -0.39 is 5.56 Å². The first-order valence-corrected chi connectivity index (χ1v) is 13.8. The van der Waals surface area contributed by atoms with Gasteiger partial charge < -0.3 is 9.64 Å². The topological polar surface area (TPSA) is 95.6 Å². The summed E-state index contributed by atoms with van der Waals surface area (Å²) in [6.45, 7) is 6.74. The third-order valence-electron chi connectivity index (χ3n) is 7.08. The highest BCUT2D eigenvalue weighted by molar-refractivity contribution is 8.26. The van der Waals surface area contributed by atoms with Crippen molar-refractivity contribution in [2.24, 2.45) is 13.0 Å². The van der Waals surface area contributed by atoms with E-state index in [9.17, 15) is 19.6 Å². The number of carbonyl (C=O) groups is 2. The van der Waals surface area contributed by atoms with E-state index in [0.29, 0.717) is 52.3 Å². The van der Waals surface area contributed by atoms with Gasteiger partial charge >= 0.3 is 5.97 Å². The van der Waals surface area contributed by atoms with Crippen LogP contribution in [-0.2, 0) is 21.4 Å². The van der Waals surface area contributed by atoms with Gasteiger partial charge in [0.1, 0.15) is 21.8 Å². The van der Waals surface area contributed by atoms with Crippen LogP contribution in [0.5, 0.6) is 0 Å². The SMILES string of the molecule is CCOC(=O)C1CCCN(c2c(/C=C3\SC(=S)N(C(C)c4ccccc4)C3=O)c(C)c(C#N)c(=O)n2C)C1. The fourth-order valence-electron chi connectivity index (χ4n) is 5.04. The Morgan fingerprint density at radius 2 is 2.03 bits per heavy atom. The Morgan fingerprint density at radius 3 is 2.68 bits per heavy atom. The molecule has 2 unspecified atom stereocenters. The molecule has 2 aliphatic rings. The number of aromatic nitrogens is 1. The second-order valence-corrected chi connectivity index (χ2v) is 11.1. The van der Waals surface area contributed by atoms with Gasteiger partial charge in [0, 0.05) is 25.7 Å². The summed E-state index contributed by atoms with van der Waals surface area (Å²) in [7, 11) is 1.62. The summed E-state index contributed by atoms with van der Waals surface area (Å²) >= 11 is 6.81. The maximum Gasteiger partial charge on any atom is 0.310 e. The van der Waals surface area contributed by atoms with Gasteiger partial charge in [0.2, 0.25) is 0 Å². The van der Waals surface area contributed by atoms with Crippen LogP contribution in [0.2, 0.25) is 0 Å². The molecule has 8 nitrogen and oxygen atoms in total. The van der Waals surface area contributed by atoms with Crippen molar-refractivity contribution in [3.63, 3.8) is 0 Å². The number of nitriles is 1. The first-order valence-electron chi connectivity index (χ1n) is 12.6. The summed E-state index contributed by atoms with van der Waals surface area (Å²) in [4.78, 5) is 43.2. The van der Waals surface area contributed by atoms with Crippen molar-refractivity contribution in [3.8, 4) is 6.07 Å². The number of esters is 1. The number of nitrogens with zero attached hydrogens (tertiary/aromatic N) is 4. The van der Waals surface area contributed by atoms with Gasteiger partial charge in [-0.1, -0.05) is 54.3 Å². The second-order valence-electron chi connectivity index (χ2n) is 9.39. The van der Waals surface area contributed by atoms with Crippen molar-refractivity contribution in [1.82, 2.24) is 9.47 Å². The Bertz CT molecular complexity index is 1410. The third-order valence-corrected chi connectivity index (χ3v) is 8.41. The zero-order valence-electron chi connectivity index (χ0n) is 21.9. The van der Waals surface area contributed by atoms with Gasteiger partial charge in [0.25, 0.3) is 11.5 Å². The molecule has 2 saturated heterocycles. The maximum atomic E-state index is 13.6. The van der Waals surface area contributed by atoms with Crippen LogP contribution in [0.1, 0.15) is 55.0 Å². The third kappa shape index (κ3) is 5.13. The Hall–Kier alpha value is -3.42. The number of benzene rings is 1. The zero-order chi connectivity index (χ0) is 27.6. The average molecular weight is 551 g/mol. The van der Waals surface area contributed by atoms with Crippen LogP contribution < -0.4 is 10.5 Å². The molecule has 1 aromatic heterocycles. The molecule has 2 aliphatic heterocycles. The van der Waals surface area contributed by atoms with Crippen LogP contribution in [0.25, 0.3) is 6.08 Å². The summed E-state index contributed by atoms with van der Waals surface area (Å²) in [6, 6.07) is 11.5. The molecule has 1 amide bonds. The Labute approximate surface area is 231 Å². The highest BCUT2D eigenvalue weighted by Crippen LogP contribution is 2.40. The van der Waals surface area contributed by atoms with Gasteiger partial charge in [0.15, 0.2) is 0 Å². The number of pyridine rings is 1. The molecular weight excluding hydrogens is 520 g/mol. The van der Waals surface area contributed by atoms with Gasteiger partial charge in [0.05, 0.1) is 23.5 Å². The summed E-state index contributed by atoms with van der Waals surface area (Å²) < 4.78 is 7.15. The molecule has 4 rings (SSSR count). The maximum absolute atomic E-state index is 13.6. The summed E-state index contributed by atoms with van der Waals surface area (Å²) in [5.74, 6) is -0.239. The quantitative estimate of drug-likeness (QED) is 0.298. The van der Waals surface area contributed by atoms with Crippen molar-refractivity contribution in [3.05, 3.63) is 67.8 Å². The van der Waals surface area contributed by atoms with E-state index in [2.05, 4.69) is 0 Å². The molecule has 0 bridgehead atoms. The first kappa shape index (κ1) is 27.6. The van der Waals surface area contributed by atoms with Gasteiger partial charge in [-0.25, -0.2) is 0 Å². The van der Waals surface area contributed by atoms with E-state index in [1.807, 2.05) is 48.2 Å². The summed E-state index contributed by atoms with van der Waals surface area (Å²) in [5, 5.41) is 9.76. The standard InChI is InChI=1S/C28H30N4O4S2/c1-5-36-27(35)20-12-9-13-31(16-20)24-21(17(2)22(15-29)25(33)30(24)4)14-23-26(34)32(28(37)38-23)18(3)19-10-7-6-8-11-19/h6-8,10-11,14,18,20H,5,9,12-13,16H2,1-4H3/b23-14-. The lowest BCUT2D eigenvalue weighted by atomic mass is 9.96. The Morgan fingerprint density at radius 1 is 1.32 bits per heavy atom. The number of carbonyl (C=O) groups excluding carboxylic acids is 2. The fraction of sp³-hybridized carbons (Fsp3) is 0.393. The Kier molecular flexibility index (Phi) is 8.38. The van der Waals surface area contributed by atoms with Crippen molar-refractivity contribution in [2.45, 2.75) is 39.7 Å². The highest BCUT2D eigenvalue weighted by atomic mass is 32.2. The lowest BCUT2D eigenvalue weighted by molar-refractivity contribution is -0.148. The number of hydrogen-bond acceptors (Lipinski definition) is 8. The number of hydrogen-bond donors (Lipinski definition) is 0. The molecular formula is C28H30N4O4S2. The zero-order valence-corrected chi connectivity index (χ0v) is 23.5. The largest absolute Gasteiger partial charge is 0.466 e. The molecule has 38 heavy (non-hydrogen) atoms. The van der Waals surface area contributed by atoms with E-state index in [1.165, 1.54) is 16.3 Å². The minimum Gasteiger partial charge on any atom is -0.466 e. The lowest BCUT2D eigenvalue weighted by Crippen LogP contribution is -2.42. The van der Waals surface area contributed by atoms with Crippen LogP contribution in [-0.4, -0.2) is 45.4 Å². The molecule has 1 aromatic carbocycles. The van der Waals surface area contributed by atoms with E-state index >= 15 is 0 Å². The smallest absolute Gasteiger partial charge is 0.310 e. The average Bonchev–Trinajstić information content (AvgIpc) is 3.20. The van der Waals surface area contributed by atoms with E-state index in [0.717, 1.165) is 12.0 Å². The summed E-state index contributed by atoms with van der Waals surface area (Å²) in [5.41, 5.74) is 1.66. The molecule has 0 N–H and O–H groups in total. The molecule has 0 spiro atoms. The number of ether oxygens (including phenoxy) is 1.